The quantitative estimate of drug-likeness (QED) is 0.693. The van der Waals surface area contributed by atoms with Gasteiger partial charge in [0.1, 0.15) is 5.82 Å². The Morgan fingerprint density at radius 1 is 1.29 bits per heavy atom. The van der Waals surface area contributed by atoms with Gasteiger partial charge in [-0.15, -0.1) is 11.8 Å². The highest BCUT2D eigenvalue weighted by atomic mass is 32.2. The average Bonchev–Trinajstić information content (AvgIpc) is 2.61. The molecule has 0 atom stereocenters. The summed E-state index contributed by atoms with van der Waals surface area (Å²) < 4.78 is 13.7. The van der Waals surface area contributed by atoms with Crippen molar-refractivity contribution in [2.75, 3.05) is 13.1 Å². The molecule has 24 heavy (non-hydrogen) atoms. The van der Waals surface area contributed by atoms with Crippen LogP contribution in [0.3, 0.4) is 0 Å². The Balaban J connectivity index is 1.65. The van der Waals surface area contributed by atoms with Gasteiger partial charge in [-0.25, -0.2) is 4.39 Å². The summed E-state index contributed by atoms with van der Waals surface area (Å²) >= 11 is 1.50. The van der Waals surface area contributed by atoms with E-state index in [1.807, 2.05) is 24.5 Å². The number of halogens is 1. The minimum Gasteiger partial charge on any atom is -0.371 e. The van der Waals surface area contributed by atoms with Crippen LogP contribution < -0.4 is 0 Å². The van der Waals surface area contributed by atoms with Crippen LogP contribution in [0.5, 0.6) is 0 Å². The van der Waals surface area contributed by atoms with Gasteiger partial charge in [0.15, 0.2) is 0 Å². The van der Waals surface area contributed by atoms with Gasteiger partial charge in [-0.1, -0.05) is 25.6 Å². The fourth-order valence-electron chi connectivity index (χ4n) is 2.91. The van der Waals surface area contributed by atoms with Gasteiger partial charge in [-0.05, 0) is 42.5 Å². The Kier molecular flexibility index (Phi) is 5.56. The van der Waals surface area contributed by atoms with Gasteiger partial charge in [-0.3, -0.25) is 4.98 Å². The summed E-state index contributed by atoms with van der Waals surface area (Å²) in [4.78, 5) is 7.38. The van der Waals surface area contributed by atoms with E-state index < -0.39 is 0 Å². The summed E-state index contributed by atoms with van der Waals surface area (Å²) in [5.41, 5.74) is 3.20. The van der Waals surface area contributed by atoms with E-state index >= 15 is 0 Å². The number of hydrogen-bond acceptors (Lipinski definition) is 3. The molecule has 0 spiro atoms. The summed E-state index contributed by atoms with van der Waals surface area (Å²) in [6.45, 7) is 8.70. The fraction of sp³-hybridized carbons (Fsp3) is 0.350. The van der Waals surface area contributed by atoms with Gasteiger partial charge in [0.05, 0.1) is 0 Å². The van der Waals surface area contributed by atoms with E-state index in [1.165, 1.54) is 30.7 Å². The van der Waals surface area contributed by atoms with Crippen molar-refractivity contribution < 1.29 is 4.39 Å². The van der Waals surface area contributed by atoms with E-state index in [0.717, 1.165) is 35.8 Å². The molecule has 1 aliphatic rings. The number of benzene rings is 1. The van der Waals surface area contributed by atoms with Crippen LogP contribution in [0.15, 0.2) is 54.2 Å². The second-order valence-electron chi connectivity index (χ2n) is 6.42. The zero-order valence-electron chi connectivity index (χ0n) is 14.0. The summed E-state index contributed by atoms with van der Waals surface area (Å²) in [7, 11) is 0. The SMILES string of the molecule is C=C(c1cncc(CSc2ccccc2F)c1)N1CCC(C)CC1. The van der Waals surface area contributed by atoms with Crippen molar-refractivity contribution in [2.45, 2.75) is 30.4 Å². The molecule has 1 fully saturated rings. The third kappa shape index (κ3) is 4.18. The topological polar surface area (TPSA) is 16.1 Å². The maximum Gasteiger partial charge on any atom is 0.136 e. The van der Waals surface area contributed by atoms with Crippen molar-refractivity contribution in [2.24, 2.45) is 5.92 Å². The lowest BCUT2D eigenvalue weighted by Gasteiger charge is -2.33. The van der Waals surface area contributed by atoms with Crippen molar-refractivity contribution in [1.29, 1.82) is 0 Å². The van der Waals surface area contributed by atoms with Crippen LogP contribution in [0.4, 0.5) is 4.39 Å². The molecule has 0 saturated carbocycles. The second kappa shape index (κ2) is 7.84. The van der Waals surface area contributed by atoms with E-state index in [4.69, 9.17) is 0 Å². The van der Waals surface area contributed by atoms with Gasteiger partial charge in [0.25, 0.3) is 0 Å². The summed E-state index contributed by atoms with van der Waals surface area (Å²) in [5, 5.41) is 0. The molecule has 0 bridgehead atoms. The maximum atomic E-state index is 13.7. The van der Waals surface area contributed by atoms with E-state index in [-0.39, 0.29) is 5.82 Å². The third-order valence-corrected chi connectivity index (χ3v) is 5.64. The van der Waals surface area contributed by atoms with Crippen molar-refractivity contribution in [3.8, 4) is 0 Å². The van der Waals surface area contributed by atoms with Crippen LogP contribution >= 0.6 is 11.8 Å². The van der Waals surface area contributed by atoms with Crippen LogP contribution in [0.2, 0.25) is 0 Å². The molecule has 2 nitrogen and oxygen atoms in total. The van der Waals surface area contributed by atoms with Crippen molar-refractivity contribution in [3.63, 3.8) is 0 Å². The van der Waals surface area contributed by atoms with E-state index in [1.54, 1.807) is 6.07 Å². The van der Waals surface area contributed by atoms with Crippen molar-refractivity contribution in [3.05, 3.63) is 66.2 Å². The molecule has 0 radical (unpaired) electrons. The first kappa shape index (κ1) is 17.0. The van der Waals surface area contributed by atoms with Crippen LogP contribution in [-0.2, 0) is 5.75 Å². The lowest BCUT2D eigenvalue weighted by molar-refractivity contribution is 0.268. The van der Waals surface area contributed by atoms with Gasteiger partial charge < -0.3 is 4.90 Å². The minimum atomic E-state index is -0.168. The largest absolute Gasteiger partial charge is 0.371 e. The molecular weight excluding hydrogens is 319 g/mol. The van der Waals surface area contributed by atoms with Gasteiger partial charge in [-0.2, -0.15) is 0 Å². The lowest BCUT2D eigenvalue weighted by Crippen LogP contribution is -2.31. The highest BCUT2D eigenvalue weighted by Crippen LogP contribution is 2.28. The number of pyridine rings is 1. The monoisotopic (exact) mass is 342 g/mol. The molecule has 3 rings (SSSR count). The summed E-state index contributed by atoms with van der Waals surface area (Å²) in [6.07, 6.45) is 6.16. The van der Waals surface area contributed by atoms with Crippen LogP contribution in [0.1, 0.15) is 30.9 Å². The van der Waals surface area contributed by atoms with Crippen molar-refractivity contribution in [1.82, 2.24) is 9.88 Å². The number of aromatic nitrogens is 1. The molecule has 0 unspecified atom stereocenters. The molecule has 1 aliphatic heterocycles. The minimum absolute atomic E-state index is 0.168. The van der Waals surface area contributed by atoms with Crippen LogP contribution in [-0.4, -0.2) is 23.0 Å². The first-order chi connectivity index (χ1) is 11.6. The molecule has 0 aliphatic carbocycles. The number of piperidine rings is 1. The molecule has 0 N–H and O–H groups in total. The van der Waals surface area contributed by atoms with Crippen molar-refractivity contribution >= 4 is 17.5 Å². The van der Waals surface area contributed by atoms with E-state index in [9.17, 15) is 4.39 Å². The standard InChI is InChI=1S/C20H23FN2S/c1-15-7-9-23(10-8-15)16(2)18-11-17(12-22-13-18)14-24-20-6-4-3-5-19(20)21/h3-6,11-13,15H,2,7-10,14H2,1H3. The Morgan fingerprint density at radius 3 is 2.79 bits per heavy atom. The number of thioether (sulfide) groups is 1. The second-order valence-corrected chi connectivity index (χ2v) is 7.43. The van der Waals surface area contributed by atoms with Gasteiger partial charge >= 0.3 is 0 Å². The number of rotatable bonds is 5. The predicted octanol–water partition coefficient (Wildman–Crippen LogP) is 5.22. The smallest absolute Gasteiger partial charge is 0.136 e. The van der Waals surface area contributed by atoms with Gasteiger partial charge in [0, 0.05) is 47.4 Å². The van der Waals surface area contributed by atoms with Crippen LogP contribution in [0, 0.1) is 11.7 Å². The summed E-state index contributed by atoms with van der Waals surface area (Å²) in [6, 6.07) is 9.01. The molecule has 1 saturated heterocycles. The predicted molar refractivity (Wildman–Crippen MR) is 99.2 cm³/mol. The fourth-order valence-corrected chi connectivity index (χ4v) is 3.77. The Bertz CT molecular complexity index is 708. The molecule has 1 aromatic heterocycles. The molecule has 4 heteroatoms. The Morgan fingerprint density at radius 2 is 2.04 bits per heavy atom. The average molecular weight is 342 g/mol. The molecule has 0 amide bonds. The van der Waals surface area contributed by atoms with Crippen LogP contribution in [0.25, 0.3) is 5.70 Å². The maximum absolute atomic E-state index is 13.7. The van der Waals surface area contributed by atoms with Gasteiger partial charge in [0.2, 0.25) is 0 Å². The lowest BCUT2D eigenvalue weighted by atomic mass is 9.98. The molecule has 126 valence electrons. The third-order valence-electron chi connectivity index (χ3n) is 4.52. The Hall–Kier alpha value is -1.81. The highest BCUT2D eigenvalue weighted by Gasteiger charge is 2.18. The molecular formula is C20H23FN2S. The molecule has 2 heterocycles. The number of nitrogens with zero attached hydrogens (tertiary/aromatic N) is 2. The Labute approximate surface area is 147 Å². The zero-order chi connectivity index (χ0) is 16.9. The molecule has 2 aromatic rings. The van der Waals surface area contributed by atoms with E-state index in [0.29, 0.717) is 10.6 Å². The number of hydrogen-bond donors (Lipinski definition) is 0. The zero-order valence-corrected chi connectivity index (χ0v) is 14.9. The first-order valence-corrected chi connectivity index (χ1v) is 9.37. The molecule has 1 aromatic carbocycles. The number of likely N-dealkylation sites (tertiary alicyclic amines) is 1. The first-order valence-electron chi connectivity index (χ1n) is 8.39. The van der Waals surface area contributed by atoms with E-state index in [2.05, 4.69) is 29.5 Å². The normalized spacial score (nSPS) is 15.5. The summed E-state index contributed by atoms with van der Waals surface area (Å²) in [5.74, 6) is 1.33. The highest BCUT2D eigenvalue weighted by molar-refractivity contribution is 7.98.